The van der Waals surface area contributed by atoms with Crippen molar-refractivity contribution < 1.29 is 9.90 Å². The number of amides is 1. The summed E-state index contributed by atoms with van der Waals surface area (Å²) in [5.41, 5.74) is 0. The van der Waals surface area contributed by atoms with Crippen molar-refractivity contribution >= 4 is 5.91 Å². The summed E-state index contributed by atoms with van der Waals surface area (Å²) in [7, 11) is 0. The summed E-state index contributed by atoms with van der Waals surface area (Å²) in [5, 5.41) is 16.0. The van der Waals surface area contributed by atoms with Gasteiger partial charge in [-0.1, -0.05) is 0 Å². The van der Waals surface area contributed by atoms with E-state index in [2.05, 4.69) is 10.6 Å². The average Bonchev–Trinajstić information content (AvgIpc) is 2.84. The van der Waals surface area contributed by atoms with Crippen molar-refractivity contribution in [3.8, 4) is 0 Å². The second kappa shape index (κ2) is 5.61. The lowest BCUT2D eigenvalue weighted by molar-refractivity contribution is -0.127. The van der Waals surface area contributed by atoms with E-state index in [-0.39, 0.29) is 12.1 Å². The smallest absolute Gasteiger partial charge is 0.222 e. The van der Waals surface area contributed by atoms with Crippen molar-refractivity contribution in [2.24, 2.45) is 0 Å². The molecule has 5 heteroatoms. The molecular formula is C11H21N3O2. The highest BCUT2D eigenvalue weighted by Crippen LogP contribution is 2.09. The average molecular weight is 227 g/mol. The molecule has 92 valence electrons. The van der Waals surface area contributed by atoms with Gasteiger partial charge in [0.1, 0.15) is 0 Å². The largest absolute Gasteiger partial charge is 0.390 e. The standard InChI is InChI=1S/C11H21N3O2/c15-10-8-12-7-9(10)13-4-2-6-14-5-1-3-11(14)16/h9-10,12-13,15H,1-8H2/t9-,10-/m1/s1. The molecule has 0 aromatic heterocycles. The van der Waals surface area contributed by atoms with Crippen LogP contribution >= 0.6 is 0 Å². The molecule has 0 bridgehead atoms. The summed E-state index contributed by atoms with van der Waals surface area (Å²) < 4.78 is 0. The van der Waals surface area contributed by atoms with E-state index in [0.717, 1.165) is 45.4 Å². The zero-order valence-electron chi connectivity index (χ0n) is 9.61. The van der Waals surface area contributed by atoms with Crippen molar-refractivity contribution in [2.75, 3.05) is 32.7 Å². The SMILES string of the molecule is O=C1CCCN1CCCN[C@@H]1CNC[C@H]1O. The van der Waals surface area contributed by atoms with Crippen LogP contribution in [0, 0.1) is 0 Å². The Morgan fingerprint density at radius 2 is 2.38 bits per heavy atom. The van der Waals surface area contributed by atoms with Crippen LogP contribution < -0.4 is 10.6 Å². The normalized spacial score (nSPS) is 30.3. The molecule has 0 aliphatic carbocycles. The fourth-order valence-corrected chi connectivity index (χ4v) is 2.37. The molecule has 0 unspecified atom stereocenters. The predicted octanol–water partition coefficient (Wildman–Crippen LogP) is -1.08. The quantitative estimate of drug-likeness (QED) is 0.523. The van der Waals surface area contributed by atoms with Gasteiger partial charge in [0.05, 0.1) is 6.10 Å². The molecule has 1 amide bonds. The number of aliphatic hydroxyl groups excluding tert-OH is 1. The molecule has 2 saturated heterocycles. The van der Waals surface area contributed by atoms with Gasteiger partial charge in [0.2, 0.25) is 5.91 Å². The number of carbonyl (C=O) groups is 1. The van der Waals surface area contributed by atoms with E-state index in [1.807, 2.05) is 4.90 Å². The maximum absolute atomic E-state index is 11.3. The Labute approximate surface area is 96.2 Å². The van der Waals surface area contributed by atoms with E-state index in [1.165, 1.54) is 0 Å². The van der Waals surface area contributed by atoms with Crippen LogP contribution in [0.1, 0.15) is 19.3 Å². The van der Waals surface area contributed by atoms with Gasteiger partial charge in [-0.05, 0) is 19.4 Å². The zero-order chi connectivity index (χ0) is 11.4. The van der Waals surface area contributed by atoms with Crippen LogP contribution in [0.25, 0.3) is 0 Å². The van der Waals surface area contributed by atoms with Gasteiger partial charge in [0, 0.05) is 38.6 Å². The molecular weight excluding hydrogens is 206 g/mol. The fraction of sp³-hybridized carbons (Fsp3) is 0.909. The lowest BCUT2D eigenvalue weighted by atomic mass is 10.2. The minimum absolute atomic E-state index is 0.175. The molecule has 3 N–H and O–H groups in total. The fourth-order valence-electron chi connectivity index (χ4n) is 2.37. The summed E-state index contributed by atoms with van der Waals surface area (Å²) in [6.45, 7) is 4.16. The van der Waals surface area contributed by atoms with E-state index >= 15 is 0 Å². The molecule has 0 spiro atoms. The molecule has 0 radical (unpaired) electrons. The van der Waals surface area contributed by atoms with Gasteiger partial charge >= 0.3 is 0 Å². The lowest BCUT2D eigenvalue weighted by Gasteiger charge is -2.18. The first-order chi connectivity index (χ1) is 7.77. The first-order valence-electron chi connectivity index (χ1n) is 6.17. The molecule has 2 heterocycles. The Kier molecular flexibility index (Phi) is 4.15. The zero-order valence-corrected chi connectivity index (χ0v) is 9.61. The van der Waals surface area contributed by atoms with Crippen LogP contribution in [0.4, 0.5) is 0 Å². The number of β-amino-alcohol motifs (C(OH)–C–C–N with tert-alkyl or cyclic N) is 1. The second-order valence-corrected chi connectivity index (χ2v) is 4.62. The molecule has 2 fully saturated rings. The summed E-state index contributed by atoms with van der Waals surface area (Å²) in [6, 6.07) is 0.175. The Hall–Kier alpha value is -0.650. The number of rotatable bonds is 5. The third-order valence-electron chi connectivity index (χ3n) is 3.36. The van der Waals surface area contributed by atoms with Gasteiger partial charge in [-0.2, -0.15) is 0 Å². The summed E-state index contributed by atoms with van der Waals surface area (Å²) in [4.78, 5) is 13.3. The summed E-state index contributed by atoms with van der Waals surface area (Å²) in [5.74, 6) is 0.294. The molecule has 0 aromatic rings. The van der Waals surface area contributed by atoms with E-state index in [0.29, 0.717) is 12.5 Å². The van der Waals surface area contributed by atoms with E-state index < -0.39 is 0 Å². The Balaban J connectivity index is 1.56. The van der Waals surface area contributed by atoms with Crippen molar-refractivity contribution in [1.29, 1.82) is 0 Å². The number of nitrogens with zero attached hydrogens (tertiary/aromatic N) is 1. The van der Waals surface area contributed by atoms with Gasteiger partial charge in [0.25, 0.3) is 0 Å². The molecule has 0 aromatic carbocycles. The van der Waals surface area contributed by atoms with Crippen molar-refractivity contribution in [1.82, 2.24) is 15.5 Å². The Morgan fingerprint density at radius 1 is 1.50 bits per heavy atom. The van der Waals surface area contributed by atoms with E-state index in [4.69, 9.17) is 0 Å². The topological polar surface area (TPSA) is 64.6 Å². The van der Waals surface area contributed by atoms with Gasteiger partial charge < -0.3 is 20.6 Å². The van der Waals surface area contributed by atoms with Crippen LogP contribution in [-0.4, -0.2) is 60.8 Å². The van der Waals surface area contributed by atoms with E-state index in [1.54, 1.807) is 0 Å². The number of carbonyl (C=O) groups excluding carboxylic acids is 1. The molecule has 2 atom stereocenters. The van der Waals surface area contributed by atoms with Crippen LogP contribution in [0.3, 0.4) is 0 Å². The number of hydrogen-bond acceptors (Lipinski definition) is 4. The second-order valence-electron chi connectivity index (χ2n) is 4.62. The molecule has 5 nitrogen and oxygen atoms in total. The first-order valence-corrected chi connectivity index (χ1v) is 6.17. The third-order valence-corrected chi connectivity index (χ3v) is 3.36. The maximum atomic E-state index is 11.3. The van der Waals surface area contributed by atoms with Gasteiger partial charge in [-0.15, -0.1) is 0 Å². The molecule has 2 aliphatic rings. The van der Waals surface area contributed by atoms with Crippen LogP contribution in [-0.2, 0) is 4.79 Å². The molecule has 0 saturated carbocycles. The van der Waals surface area contributed by atoms with Crippen molar-refractivity contribution in [3.05, 3.63) is 0 Å². The first kappa shape index (κ1) is 11.8. The Bertz CT molecular complexity index is 247. The molecule has 2 aliphatic heterocycles. The van der Waals surface area contributed by atoms with Gasteiger partial charge in [0.15, 0.2) is 0 Å². The van der Waals surface area contributed by atoms with Crippen LogP contribution in [0.15, 0.2) is 0 Å². The van der Waals surface area contributed by atoms with Crippen LogP contribution in [0.2, 0.25) is 0 Å². The highest BCUT2D eigenvalue weighted by molar-refractivity contribution is 5.77. The Morgan fingerprint density at radius 3 is 3.00 bits per heavy atom. The highest BCUT2D eigenvalue weighted by Gasteiger charge is 2.24. The minimum Gasteiger partial charge on any atom is -0.390 e. The van der Waals surface area contributed by atoms with Gasteiger partial charge in [-0.25, -0.2) is 0 Å². The van der Waals surface area contributed by atoms with Crippen LogP contribution in [0.5, 0.6) is 0 Å². The number of aliphatic hydroxyl groups is 1. The van der Waals surface area contributed by atoms with Gasteiger partial charge in [-0.3, -0.25) is 4.79 Å². The summed E-state index contributed by atoms with van der Waals surface area (Å²) >= 11 is 0. The van der Waals surface area contributed by atoms with Crippen molar-refractivity contribution in [2.45, 2.75) is 31.4 Å². The highest BCUT2D eigenvalue weighted by atomic mass is 16.3. The monoisotopic (exact) mass is 227 g/mol. The maximum Gasteiger partial charge on any atom is 0.222 e. The third kappa shape index (κ3) is 2.93. The predicted molar refractivity (Wildman–Crippen MR) is 61.1 cm³/mol. The van der Waals surface area contributed by atoms with Crippen molar-refractivity contribution in [3.63, 3.8) is 0 Å². The molecule has 16 heavy (non-hydrogen) atoms. The van der Waals surface area contributed by atoms with E-state index in [9.17, 15) is 9.90 Å². The number of likely N-dealkylation sites (tertiary alicyclic amines) is 1. The molecule has 2 rings (SSSR count). The minimum atomic E-state index is -0.270. The number of nitrogens with one attached hydrogen (secondary N) is 2. The lowest BCUT2D eigenvalue weighted by Crippen LogP contribution is -2.40. The summed E-state index contributed by atoms with van der Waals surface area (Å²) in [6.07, 6.45) is 2.43. The number of hydrogen-bond donors (Lipinski definition) is 3.